The van der Waals surface area contributed by atoms with Crippen molar-refractivity contribution >= 4 is 5.91 Å². The van der Waals surface area contributed by atoms with Crippen LogP contribution in [0.15, 0.2) is 48.6 Å². The van der Waals surface area contributed by atoms with Gasteiger partial charge in [-0.15, -0.1) is 0 Å². The van der Waals surface area contributed by atoms with Crippen LogP contribution in [0.25, 0.3) is 0 Å². The summed E-state index contributed by atoms with van der Waals surface area (Å²) < 4.78 is 11.2. The molecular weight excluding hydrogens is 843 g/mol. The summed E-state index contributed by atoms with van der Waals surface area (Å²) in [5.74, 6) is -0.631. The van der Waals surface area contributed by atoms with Crippen molar-refractivity contribution in [1.82, 2.24) is 5.32 Å². The van der Waals surface area contributed by atoms with Crippen molar-refractivity contribution in [3.05, 3.63) is 48.6 Å². The van der Waals surface area contributed by atoms with E-state index in [1.807, 2.05) is 6.08 Å². The van der Waals surface area contributed by atoms with Gasteiger partial charge in [0.1, 0.15) is 30.5 Å². The number of carbonyl (C=O) groups excluding carboxylic acids is 1. The van der Waals surface area contributed by atoms with Gasteiger partial charge in [0, 0.05) is 0 Å². The minimum atomic E-state index is -1.62. The number of allylic oxidation sites excluding steroid dienone is 7. The summed E-state index contributed by atoms with van der Waals surface area (Å²) in [6.07, 6.45) is 50.7. The van der Waals surface area contributed by atoms with E-state index in [0.29, 0.717) is 19.3 Å². The molecule has 1 saturated heterocycles. The summed E-state index contributed by atoms with van der Waals surface area (Å²) in [6, 6.07) is -1.01. The van der Waals surface area contributed by atoms with E-state index in [4.69, 9.17) is 9.47 Å². The Morgan fingerprint density at radius 3 is 1.30 bits per heavy atom. The van der Waals surface area contributed by atoms with Crippen molar-refractivity contribution in [3.8, 4) is 0 Å². The molecule has 0 aromatic carbocycles. The van der Waals surface area contributed by atoms with Crippen molar-refractivity contribution in [3.63, 3.8) is 0 Å². The molecule has 0 aromatic heterocycles. The number of hydrogen-bond donors (Lipinski definition) is 7. The van der Waals surface area contributed by atoms with Gasteiger partial charge in [-0.05, 0) is 70.6 Å². The Morgan fingerprint density at radius 1 is 0.507 bits per heavy atom. The zero-order valence-electron chi connectivity index (χ0n) is 43.0. The smallest absolute Gasteiger partial charge is 0.249 e. The molecule has 10 nitrogen and oxygen atoms in total. The van der Waals surface area contributed by atoms with Gasteiger partial charge < -0.3 is 45.4 Å². The zero-order chi connectivity index (χ0) is 48.8. The third-order valence-corrected chi connectivity index (χ3v) is 13.2. The van der Waals surface area contributed by atoms with Gasteiger partial charge in [0.25, 0.3) is 0 Å². The van der Waals surface area contributed by atoms with Gasteiger partial charge in [0.15, 0.2) is 6.29 Å². The standard InChI is InChI=1S/C57H105NO9/c1-3-5-7-9-11-13-15-17-19-21-22-23-24-25-26-27-28-30-32-34-36-38-40-42-44-46-51(61)56(65)58-49(48-66-57-55(64)54(63)53(62)52(47-59)67-57)50(60)45-43-41-39-37-35-33-31-29-20-18-16-14-12-10-8-6-4-2/h20,25-26,29,35,37,43,45,49-55,57,59-64H,3-19,21-24,27-28,30-34,36,38-42,44,46-48H2,1-2H3,(H,58,65)/b26-25-,29-20+,37-35+,45-43+. The molecule has 10 heteroatoms. The Labute approximate surface area is 410 Å². The van der Waals surface area contributed by atoms with E-state index in [-0.39, 0.29) is 6.61 Å². The predicted molar refractivity (Wildman–Crippen MR) is 278 cm³/mol. The van der Waals surface area contributed by atoms with Crippen LogP contribution in [0, 0.1) is 0 Å². The monoisotopic (exact) mass is 948 g/mol. The Bertz CT molecular complexity index is 1210. The molecule has 0 radical (unpaired) electrons. The Kier molecular flexibility index (Phi) is 43.8. The second kappa shape index (κ2) is 46.5. The number of hydrogen-bond acceptors (Lipinski definition) is 9. The number of aliphatic hydroxyl groups is 6. The summed E-state index contributed by atoms with van der Waals surface area (Å²) in [6.45, 7) is 3.60. The number of unbranched alkanes of at least 4 members (excludes halogenated alkanes) is 30. The molecule has 1 amide bonds. The molecule has 0 saturated carbocycles. The van der Waals surface area contributed by atoms with Crippen LogP contribution in [0.5, 0.6) is 0 Å². The molecule has 8 unspecified atom stereocenters. The predicted octanol–water partition coefficient (Wildman–Crippen LogP) is 12.3. The number of amides is 1. The van der Waals surface area contributed by atoms with Crippen molar-refractivity contribution < 1.29 is 44.9 Å². The van der Waals surface area contributed by atoms with Gasteiger partial charge in [-0.3, -0.25) is 4.79 Å². The minimum Gasteiger partial charge on any atom is -0.394 e. The molecule has 7 N–H and O–H groups in total. The second-order valence-electron chi connectivity index (χ2n) is 19.5. The summed E-state index contributed by atoms with van der Waals surface area (Å²) >= 11 is 0. The lowest BCUT2D eigenvalue weighted by Gasteiger charge is -2.40. The zero-order valence-corrected chi connectivity index (χ0v) is 43.0. The Hall–Kier alpha value is -1.89. The summed E-state index contributed by atoms with van der Waals surface area (Å²) in [4.78, 5) is 13.1. The van der Waals surface area contributed by atoms with Gasteiger partial charge >= 0.3 is 0 Å². The summed E-state index contributed by atoms with van der Waals surface area (Å²) in [7, 11) is 0. The van der Waals surface area contributed by atoms with Crippen molar-refractivity contribution in [2.75, 3.05) is 13.2 Å². The molecule has 8 atom stereocenters. The average molecular weight is 948 g/mol. The lowest BCUT2D eigenvalue weighted by atomic mass is 9.99. The van der Waals surface area contributed by atoms with Crippen LogP contribution < -0.4 is 5.32 Å². The number of rotatable bonds is 47. The van der Waals surface area contributed by atoms with Gasteiger partial charge in [0.05, 0.1) is 25.4 Å². The van der Waals surface area contributed by atoms with E-state index in [2.05, 4.69) is 55.6 Å². The third-order valence-electron chi connectivity index (χ3n) is 13.2. The fourth-order valence-corrected chi connectivity index (χ4v) is 8.66. The molecule has 67 heavy (non-hydrogen) atoms. The molecule has 0 aliphatic carbocycles. The largest absolute Gasteiger partial charge is 0.394 e. The van der Waals surface area contributed by atoms with E-state index >= 15 is 0 Å². The molecule has 1 rings (SSSR count). The average Bonchev–Trinajstić information content (AvgIpc) is 3.33. The van der Waals surface area contributed by atoms with E-state index in [1.165, 1.54) is 167 Å². The molecular formula is C57H105NO9. The number of nitrogens with one attached hydrogen (secondary N) is 1. The van der Waals surface area contributed by atoms with Crippen LogP contribution in [-0.2, 0) is 14.3 Å². The van der Waals surface area contributed by atoms with E-state index in [0.717, 1.165) is 44.9 Å². The van der Waals surface area contributed by atoms with Crippen molar-refractivity contribution in [2.24, 2.45) is 0 Å². The first kappa shape index (κ1) is 63.1. The molecule has 1 heterocycles. The van der Waals surface area contributed by atoms with Crippen LogP contribution in [-0.4, -0.2) is 98.7 Å². The van der Waals surface area contributed by atoms with E-state index < -0.39 is 61.5 Å². The van der Waals surface area contributed by atoms with Crippen LogP contribution >= 0.6 is 0 Å². The molecule has 0 aromatic rings. The molecule has 1 fully saturated rings. The lowest BCUT2D eigenvalue weighted by Crippen LogP contribution is -2.60. The fraction of sp³-hybridized carbons (Fsp3) is 0.842. The molecule has 1 aliphatic rings. The quantitative estimate of drug-likeness (QED) is 0.0232. The maximum absolute atomic E-state index is 13.1. The lowest BCUT2D eigenvalue weighted by molar-refractivity contribution is -0.302. The van der Waals surface area contributed by atoms with E-state index in [9.17, 15) is 35.4 Å². The summed E-state index contributed by atoms with van der Waals surface area (Å²) in [5.41, 5.74) is 0. The first-order valence-electron chi connectivity index (χ1n) is 28.0. The second-order valence-corrected chi connectivity index (χ2v) is 19.5. The highest BCUT2D eigenvalue weighted by molar-refractivity contribution is 5.80. The summed E-state index contributed by atoms with van der Waals surface area (Å²) in [5, 5.41) is 64.9. The highest BCUT2D eigenvalue weighted by Crippen LogP contribution is 2.23. The number of carbonyl (C=O) groups is 1. The van der Waals surface area contributed by atoms with E-state index in [1.54, 1.807) is 6.08 Å². The van der Waals surface area contributed by atoms with Crippen LogP contribution in [0.1, 0.15) is 245 Å². The molecule has 0 bridgehead atoms. The SMILES string of the molecule is CCCCCCCCC/C=C/CC/C=C/CC/C=C/C(O)C(COC1OC(CO)C(O)C(O)C1O)NC(=O)C(O)CCCCCCCCCCC/C=C\CCCCCCCCCCCCCC. The number of aliphatic hydroxyl groups excluding tert-OH is 6. The van der Waals surface area contributed by atoms with Gasteiger partial charge in [-0.1, -0.05) is 223 Å². The molecule has 1 aliphatic heterocycles. The number of ether oxygens (including phenoxy) is 2. The maximum Gasteiger partial charge on any atom is 0.249 e. The van der Waals surface area contributed by atoms with Gasteiger partial charge in [-0.25, -0.2) is 0 Å². The van der Waals surface area contributed by atoms with Gasteiger partial charge in [-0.2, -0.15) is 0 Å². The Balaban J connectivity index is 2.31. The first-order chi connectivity index (χ1) is 32.8. The van der Waals surface area contributed by atoms with Gasteiger partial charge in [0.2, 0.25) is 5.91 Å². The van der Waals surface area contributed by atoms with Crippen LogP contribution in [0.4, 0.5) is 0 Å². The highest BCUT2D eigenvalue weighted by atomic mass is 16.7. The molecule has 392 valence electrons. The normalized spacial score (nSPS) is 20.5. The molecule has 0 spiro atoms. The fourth-order valence-electron chi connectivity index (χ4n) is 8.66. The third kappa shape index (κ3) is 35.8. The minimum absolute atomic E-state index is 0.298. The van der Waals surface area contributed by atoms with Crippen LogP contribution in [0.2, 0.25) is 0 Å². The van der Waals surface area contributed by atoms with Crippen LogP contribution in [0.3, 0.4) is 0 Å². The van der Waals surface area contributed by atoms with Crippen molar-refractivity contribution in [2.45, 2.75) is 294 Å². The maximum atomic E-state index is 13.1. The highest BCUT2D eigenvalue weighted by Gasteiger charge is 2.44. The Morgan fingerprint density at radius 2 is 0.881 bits per heavy atom. The first-order valence-corrected chi connectivity index (χ1v) is 28.0. The topological polar surface area (TPSA) is 169 Å². The van der Waals surface area contributed by atoms with Crippen molar-refractivity contribution in [1.29, 1.82) is 0 Å².